The Morgan fingerprint density at radius 3 is 2.57 bits per heavy atom. The minimum absolute atomic E-state index is 0.132. The van der Waals surface area contributed by atoms with E-state index in [1.54, 1.807) is 11.1 Å². The first kappa shape index (κ1) is 20.3. The van der Waals surface area contributed by atoms with Crippen LogP contribution in [0.1, 0.15) is 6.92 Å². The van der Waals surface area contributed by atoms with Gasteiger partial charge in [0, 0.05) is 51.7 Å². The van der Waals surface area contributed by atoms with E-state index in [0.29, 0.717) is 13.1 Å². The van der Waals surface area contributed by atoms with Gasteiger partial charge in [0.2, 0.25) is 10.0 Å². The van der Waals surface area contributed by atoms with E-state index in [-0.39, 0.29) is 43.0 Å². The van der Waals surface area contributed by atoms with Crippen LogP contribution in [0.3, 0.4) is 0 Å². The lowest BCUT2D eigenvalue weighted by Gasteiger charge is -2.34. The van der Waals surface area contributed by atoms with E-state index in [9.17, 15) is 17.6 Å². The summed E-state index contributed by atoms with van der Waals surface area (Å²) < 4.78 is 42.1. The zero-order valence-corrected chi connectivity index (χ0v) is 16.5. The highest BCUT2D eigenvalue weighted by atomic mass is 32.2. The average Bonchev–Trinajstić information content (AvgIpc) is 3.19. The summed E-state index contributed by atoms with van der Waals surface area (Å²) in [5.41, 5.74) is 0. The van der Waals surface area contributed by atoms with E-state index in [1.807, 2.05) is 23.9 Å². The maximum atomic E-state index is 13.9. The van der Waals surface area contributed by atoms with Crippen molar-refractivity contribution in [2.45, 2.75) is 18.4 Å². The molecule has 0 spiro atoms. The van der Waals surface area contributed by atoms with Crippen molar-refractivity contribution in [3.05, 3.63) is 48.5 Å². The monoisotopic (exact) mass is 409 g/mol. The van der Waals surface area contributed by atoms with Crippen molar-refractivity contribution in [3.63, 3.8) is 0 Å². The van der Waals surface area contributed by atoms with Gasteiger partial charge in [0.05, 0.1) is 0 Å². The summed E-state index contributed by atoms with van der Waals surface area (Å²) in [4.78, 5) is 13.6. The topological polar surface area (TPSA) is 87.5 Å². The predicted molar refractivity (Wildman–Crippen MR) is 102 cm³/mol. The normalized spacial score (nSPS) is 16.7. The van der Waals surface area contributed by atoms with E-state index in [4.69, 9.17) is 0 Å². The first-order valence-corrected chi connectivity index (χ1v) is 10.6. The molecular formula is C18H24FN5O3S. The standard InChI is InChI=1S/C18H24FN5O3S/c1-15(14-23-8-4-7-21-23)13-20-18(25)22-9-11-24(12-10-22)28(26,27)17-6-3-2-5-16(17)19/h2-8,15H,9-14H2,1H3,(H,20,25). The largest absolute Gasteiger partial charge is 0.338 e. The van der Waals surface area contributed by atoms with Crippen LogP contribution in [0, 0.1) is 11.7 Å². The predicted octanol–water partition coefficient (Wildman–Crippen LogP) is 1.37. The molecule has 1 aliphatic rings. The molecule has 0 aliphatic carbocycles. The highest BCUT2D eigenvalue weighted by Crippen LogP contribution is 2.20. The van der Waals surface area contributed by atoms with Crippen molar-refractivity contribution in [2.24, 2.45) is 5.92 Å². The number of aromatic nitrogens is 2. The van der Waals surface area contributed by atoms with Crippen molar-refractivity contribution in [1.82, 2.24) is 24.3 Å². The molecule has 3 rings (SSSR count). The van der Waals surface area contributed by atoms with Crippen LogP contribution in [0.5, 0.6) is 0 Å². The number of urea groups is 1. The number of hydrogen-bond donors (Lipinski definition) is 1. The van der Waals surface area contributed by atoms with Gasteiger partial charge in [0.1, 0.15) is 10.7 Å². The van der Waals surface area contributed by atoms with Crippen LogP contribution in [-0.4, -0.2) is 66.2 Å². The van der Waals surface area contributed by atoms with Gasteiger partial charge in [-0.2, -0.15) is 9.40 Å². The lowest BCUT2D eigenvalue weighted by Crippen LogP contribution is -2.53. The number of halogens is 1. The van der Waals surface area contributed by atoms with Crippen LogP contribution in [0.2, 0.25) is 0 Å². The molecular weight excluding hydrogens is 385 g/mol. The number of sulfonamides is 1. The van der Waals surface area contributed by atoms with Gasteiger partial charge in [-0.05, 0) is 24.1 Å². The zero-order chi connectivity index (χ0) is 20.1. The minimum atomic E-state index is -3.91. The molecule has 1 aliphatic heterocycles. The van der Waals surface area contributed by atoms with Crippen molar-refractivity contribution in [2.75, 3.05) is 32.7 Å². The molecule has 1 aromatic carbocycles. The Labute approximate surface area is 164 Å². The quantitative estimate of drug-likeness (QED) is 0.781. The van der Waals surface area contributed by atoms with E-state index < -0.39 is 15.8 Å². The van der Waals surface area contributed by atoms with Crippen LogP contribution >= 0.6 is 0 Å². The van der Waals surface area contributed by atoms with Crippen LogP contribution in [-0.2, 0) is 16.6 Å². The van der Waals surface area contributed by atoms with Gasteiger partial charge >= 0.3 is 6.03 Å². The third-order valence-electron chi connectivity index (χ3n) is 4.64. The summed E-state index contributed by atoms with van der Waals surface area (Å²) in [6.45, 7) is 3.98. The van der Waals surface area contributed by atoms with Crippen molar-refractivity contribution >= 4 is 16.1 Å². The van der Waals surface area contributed by atoms with Gasteiger partial charge in [0.15, 0.2) is 0 Å². The Kier molecular flexibility index (Phi) is 6.30. The van der Waals surface area contributed by atoms with Crippen LogP contribution in [0.15, 0.2) is 47.6 Å². The zero-order valence-electron chi connectivity index (χ0n) is 15.7. The van der Waals surface area contributed by atoms with Gasteiger partial charge in [0.25, 0.3) is 0 Å². The summed E-state index contributed by atoms with van der Waals surface area (Å²) in [6.07, 6.45) is 3.58. The third kappa shape index (κ3) is 4.68. The Balaban J connectivity index is 1.49. The Hall–Kier alpha value is -2.46. The van der Waals surface area contributed by atoms with Crippen LogP contribution in [0.25, 0.3) is 0 Å². The van der Waals surface area contributed by atoms with Crippen molar-refractivity contribution in [1.29, 1.82) is 0 Å². The fourth-order valence-corrected chi connectivity index (χ4v) is 4.58. The smallest absolute Gasteiger partial charge is 0.317 e. The first-order chi connectivity index (χ1) is 13.4. The average molecular weight is 409 g/mol. The fourth-order valence-electron chi connectivity index (χ4n) is 3.09. The molecule has 1 unspecified atom stereocenters. The molecule has 10 heteroatoms. The highest BCUT2D eigenvalue weighted by molar-refractivity contribution is 7.89. The molecule has 0 bridgehead atoms. The molecule has 0 radical (unpaired) electrons. The van der Waals surface area contributed by atoms with E-state index in [0.717, 1.165) is 6.07 Å². The maximum Gasteiger partial charge on any atom is 0.317 e. The molecule has 2 heterocycles. The lowest BCUT2D eigenvalue weighted by atomic mass is 10.2. The van der Waals surface area contributed by atoms with Crippen molar-refractivity contribution < 1.29 is 17.6 Å². The van der Waals surface area contributed by atoms with Crippen LogP contribution < -0.4 is 5.32 Å². The molecule has 8 nitrogen and oxygen atoms in total. The second kappa shape index (κ2) is 8.70. The molecule has 1 atom stereocenters. The second-order valence-electron chi connectivity index (χ2n) is 6.84. The third-order valence-corrected chi connectivity index (χ3v) is 6.57. The summed E-state index contributed by atoms with van der Waals surface area (Å²) >= 11 is 0. The molecule has 28 heavy (non-hydrogen) atoms. The van der Waals surface area contributed by atoms with Crippen LogP contribution in [0.4, 0.5) is 9.18 Å². The number of hydrogen-bond acceptors (Lipinski definition) is 4. The number of benzene rings is 1. The summed E-state index contributed by atoms with van der Waals surface area (Å²) in [6, 6.07) is 6.94. The molecule has 2 aromatic rings. The molecule has 1 N–H and O–H groups in total. The molecule has 1 aromatic heterocycles. The second-order valence-corrected chi connectivity index (χ2v) is 8.75. The van der Waals surface area contributed by atoms with E-state index in [1.165, 1.54) is 22.5 Å². The van der Waals surface area contributed by atoms with E-state index in [2.05, 4.69) is 10.4 Å². The number of nitrogens with one attached hydrogen (secondary N) is 1. The van der Waals surface area contributed by atoms with E-state index >= 15 is 0 Å². The number of amides is 2. The van der Waals surface area contributed by atoms with Gasteiger partial charge in [-0.3, -0.25) is 4.68 Å². The van der Waals surface area contributed by atoms with Gasteiger partial charge in [-0.15, -0.1) is 0 Å². The number of piperazine rings is 1. The number of carbonyl (C=O) groups is 1. The summed E-state index contributed by atoms with van der Waals surface area (Å²) in [5.74, 6) is -0.569. The molecule has 2 amide bonds. The van der Waals surface area contributed by atoms with Gasteiger partial charge in [-0.1, -0.05) is 19.1 Å². The Bertz CT molecular complexity index is 896. The van der Waals surface area contributed by atoms with Gasteiger partial charge < -0.3 is 10.2 Å². The first-order valence-electron chi connectivity index (χ1n) is 9.13. The number of nitrogens with zero attached hydrogens (tertiary/aromatic N) is 4. The molecule has 152 valence electrons. The fraction of sp³-hybridized carbons (Fsp3) is 0.444. The lowest BCUT2D eigenvalue weighted by molar-refractivity contribution is 0.170. The summed E-state index contributed by atoms with van der Waals surface area (Å²) in [5, 5.41) is 7.02. The SMILES string of the molecule is CC(CNC(=O)N1CCN(S(=O)(=O)c2ccccc2F)CC1)Cn1cccn1. The Morgan fingerprint density at radius 1 is 1.21 bits per heavy atom. The Morgan fingerprint density at radius 2 is 1.93 bits per heavy atom. The molecule has 1 fully saturated rings. The maximum absolute atomic E-state index is 13.9. The van der Waals surface area contributed by atoms with Crippen molar-refractivity contribution in [3.8, 4) is 0 Å². The molecule has 1 saturated heterocycles. The number of rotatable bonds is 6. The van der Waals surface area contributed by atoms with Gasteiger partial charge in [-0.25, -0.2) is 17.6 Å². The highest BCUT2D eigenvalue weighted by Gasteiger charge is 2.31. The number of carbonyl (C=O) groups excluding carboxylic acids is 1. The summed E-state index contributed by atoms with van der Waals surface area (Å²) in [7, 11) is -3.91. The minimum Gasteiger partial charge on any atom is -0.338 e. The molecule has 0 saturated carbocycles.